The zero-order valence-corrected chi connectivity index (χ0v) is 17.5. The normalized spacial score (nSPS) is 10.4. The van der Waals surface area contributed by atoms with Crippen LogP contribution in [0.25, 0.3) is 0 Å². The van der Waals surface area contributed by atoms with Crippen LogP contribution in [0.3, 0.4) is 0 Å². The third-order valence-electron chi connectivity index (χ3n) is 3.88. The van der Waals surface area contributed by atoms with Crippen LogP contribution in [0.5, 0.6) is 23.0 Å². The fraction of sp³-hybridized carbons (Fsp3) is 0.238. The van der Waals surface area contributed by atoms with Gasteiger partial charge in [-0.2, -0.15) is 0 Å². The average molecular weight is 434 g/mol. The van der Waals surface area contributed by atoms with Gasteiger partial charge in [0.25, 0.3) is 0 Å². The van der Waals surface area contributed by atoms with Gasteiger partial charge in [0.05, 0.1) is 28.4 Å². The molecule has 0 spiro atoms. The molecule has 0 aliphatic carbocycles. The van der Waals surface area contributed by atoms with Gasteiger partial charge in [0.1, 0.15) is 34.1 Å². The van der Waals surface area contributed by atoms with E-state index in [1.54, 1.807) is 12.1 Å². The predicted octanol–water partition coefficient (Wildman–Crippen LogP) is 3.31. The highest BCUT2D eigenvalue weighted by Crippen LogP contribution is 2.27. The van der Waals surface area contributed by atoms with Crippen LogP contribution in [-0.2, 0) is 19.6 Å². The van der Waals surface area contributed by atoms with Gasteiger partial charge in [-0.15, -0.1) is 9.78 Å². The van der Waals surface area contributed by atoms with Gasteiger partial charge in [-0.25, -0.2) is 9.59 Å². The van der Waals surface area contributed by atoms with Gasteiger partial charge in [0, 0.05) is 18.6 Å². The maximum atomic E-state index is 12.3. The van der Waals surface area contributed by atoms with E-state index in [0.29, 0.717) is 11.5 Å². The number of hydrogen-bond acceptors (Lipinski definition) is 10. The molecule has 2 radical (unpaired) electrons. The van der Waals surface area contributed by atoms with Gasteiger partial charge in [0.2, 0.25) is 0 Å². The van der Waals surface area contributed by atoms with Gasteiger partial charge in [-0.05, 0) is 31.2 Å². The summed E-state index contributed by atoms with van der Waals surface area (Å²) in [6.07, 6.45) is -0.498. The molecule has 0 aliphatic heterocycles. The van der Waals surface area contributed by atoms with E-state index < -0.39 is 11.9 Å². The number of methoxy groups -OCH3 is 4. The molecule has 0 saturated carbocycles. The molecule has 0 fully saturated rings. The quantitative estimate of drug-likeness (QED) is 0.386. The Bertz CT molecular complexity index is 824. The van der Waals surface area contributed by atoms with Gasteiger partial charge in [0.15, 0.2) is 0 Å². The largest absolute Gasteiger partial charge is 0.497 e. The van der Waals surface area contributed by atoms with Crippen LogP contribution in [0.15, 0.2) is 36.4 Å². The number of hydrogen-bond donors (Lipinski definition) is 0. The Morgan fingerprint density at radius 2 is 1.10 bits per heavy atom. The molecule has 0 bridgehead atoms. The second-order valence-corrected chi connectivity index (χ2v) is 5.66. The number of rotatable bonds is 11. The summed E-state index contributed by atoms with van der Waals surface area (Å²) in [6, 6.07) is 8.97. The molecule has 10 heteroatoms. The molecule has 0 aromatic heterocycles. The summed E-state index contributed by atoms with van der Waals surface area (Å²) >= 11 is 0. The molecule has 0 heterocycles. The van der Waals surface area contributed by atoms with E-state index in [0.717, 1.165) is 0 Å². The van der Waals surface area contributed by atoms with Crippen LogP contribution in [-0.4, -0.2) is 40.4 Å². The fourth-order valence-corrected chi connectivity index (χ4v) is 2.29. The molecule has 0 aliphatic rings. The average Bonchev–Trinajstić information content (AvgIpc) is 2.82. The van der Waals surface area contributed by atoms with E-state index >= 15 is 0 Å². The van der Waals surface area contributed by atoms with E-state index in [4.69, 9.17) is 38.5 Å². The Balaban J connectivity index is 1.96. The van der Waals surface area contributed by atoms with Crippen molar-refractivity contribution in [3.63, 3.8) is 0 Å². The Kier molecular flexibility index (Phi) is 8.92. The van der Waals surface area contributed by atoms with Crippen molar-refractivity contribution in [2.45, 2.75) is 6.42 Å². The summed E-state index contributed by atoms with van der Waals surface area (Å²) in [7, 11) is 5.73. The van der Waals surface area contributed by atoms with Crippen molar-refractivity contribution < 1.29 is 48.1 Å². The first-order valence-electron chi connectivity index (χ1n) is 8.84. The molecular weight excluding hydrogens is 412 g/mol. The van der Waals surface area contributed by atoms with Crippen LogP contribution in [0.2, 0.25) is 0 Å². The summed E-state index contributed by atoms with van der Waals surface area (Å²) in [6.45, 7) is 3.55. The molecule has 166 valence electrons. The first-order valence-corrected chi connectivity index (χ1v) is 8.84. The zero-order chi connectivity index (χ0) is 22.8. The maximum Gasteiger partial charge on any atom is 0.376 e. The topological polar surface area (TPSA) is 108 Å². The lowest BCUT2D eigenvalue weighted by atomic mass is 10.2. The first kappa shape index (κ1) is 23.8. The smallest absolute Gasteiger partial charge is 0.376 e. The minimum absolute atomic E-state index is 0.0756. The second kappa shape index (κ2) is 11.6. The summed E-state index contributed by atoms with van der Waals surface area (Å²) in [4.78, 5) is 43.6. The molecule has 0 unspecified atom stereocenters. The van der Waals surface area contributed by atoms with Crippen molar-refractivity contribution in [1.29, 1.82) is 0 Å². The third-order valence-corrected chi connectivity index (χ3v) is 3.88. The number of ether oxygens (including phenoxy) is 4. The van der Waals surface area contributed by atoms with Gasteiger partial charge < -0.3 is 18.9 Å². The third kappa shape index (κ3) is 6.24. The molecule has 2 aromatic rings. The number of carbonyl (C=O) groups excluding carboxylic acids is 2. The molecule has 2 rings (SSSR count). The molecule has 0 N–H and O–H groups in total. The lowest BCUT2D eigenvalue weighted by Gasteiger charge is -2.14. The van der Waals surface area contributed by atoms with Crippen LogP contribution in [0.4, 0.5) is 0 Å². The highest BCUT2D eigenvalue weighted by atomic mass is 17.3. The fourth-order valence-electron chi connectivity index (χ4n) is 2.29. The van der Waals surface area contributed by atoms with Crippen molar-refractivity contribution >= 4 is 11.9 Å². The summed E-state index contributed by atoms with van der Waals surface area (Å²) in [5, 5.41) is 0. The number of carbonyl (C=O) groups is 2. The van der Waals surface area contributed by atoms with Crippen molar-refractivity contribution in [3.8, 4) is 23.0 Å². The molecule has 0 amide bonds. The van der Waals surface area contributed by atoms with Gasteiger partial charge in [-0.1, -0.05) is 0 Å². The lowest BCUT2D eigenvalue weighted by Crippen LogP contribution is -2.16. The van der Waals surface area contributed by atoms with Crippen LogP contribution in [0, 0.1) is 13.2 Å². The Morgan fingerprint density at radius 3 is 1.42 bits per heavy atom. The molecular formula is C21H22O10. The van der Waals surface area contributed by atoms with Crippen molar-refractivity contribution in [2.75, 3.05) is 28.4 Å². The maximum absolute atomic E-state index is 12.3. The molecule has 10 nitrogen and oxygen atoms in total. The second-order valence-electron chi connectivity index (χ2n) is 5.66. The minimum atomic E-state index is -0.878. The Morgan fingerprint density at radius 1 is 0.677 bits per heavy atom. The van der Waals surface area contributed by atoms with Crippen LogP contribution >= 0.6 is 0 Å². The van der Waals surface area contributed by atoms with Gasteiger partial charge >= 0.3 is 18.2 Å². The number of benzene rings is 2. The molecule has 0 saturated heterocycles. The van der Waals surface area contributed by atoms with E-state index in [9.17, 15) is 9.59 Å². The minimum Gasteiger partial charge on any atom is -0.497 e. The van der Waals surface area contributed by atoms with Crippen molar-refractivity contribution in [2.24, 2.45) is 0 Å². The van der Waals surface area contributed by atoms with Crippen molar-refractivity contribution in [3.05, 3.63) is 60.7 Å². The lowest BCUT2D eigenvalue weighted by molar-refractivity contribution is -0.362. The molecule has 0 atom stereocenters. The Hall–Kier alpha value is -3.50. The zero-order valence-electron chi connectivity index (χ0n) is 17.5. The Labute approximate surface area is 179 Å². The van der Waals surface area contributed by atoms with Crippen LogP contribution < -0.4 is 18.9 Å². The highest BCUT2D eigenvalue weighted by Gasteiger charge is 2.23. The van der Waals surface area contributed by atoms with E-state index in [1.165, 1.54) is 52.7 Å². The monoisotopic (exact) mass is 434 g/mol. The van der Waals surface area contributed by atoms with E-state index in [2.05, 4.69) is 6.92 Å². The van der Waals surface area contributed by atoms with Crippen molar-refractivity contribution in [1.82, 2.24) is 0 Å². The molecule has 31 heavy (non-hydrogen) atoms. The first-order chi connectivity index (χ1) is 15.0. The van der Waals surface area contributed by atoms with E-state index in [1.807, 2.05) is 0 Å². The highest BCUT2D eigenvalue weighted by molar-refractivity contribution is 5.93. The van der Waals surface area contributed by atoms with Crippen LogP contribution in [0.1, 0.15) is 27.1 Å². The van der Waals surface area contributed by atoms with E-state index in [-0.39, 0.29) is 35.3 Å². The summed E-state index contributed by atoms with van der Waals surface area (Å²) in [5.41, 5.74) is 0.151. The van der Waals surface area contributed by atoms with Gasteiger partial charge in [-0.3, -0.25) is 9.78 Å². The summed E-state index contributed by atoms with van der Waals surface area (Å²) < 4.78 is 20.4. The molecule has 2 aromatic carbocycles. The predicted molar refractivity (Wildman–Crippen MR) is 105 cm³/mol. The summed E-state index contributed by atoms with van der Waals surface area (Å²) in [5.74, 6) is -0.354. The SMILES string of the molecule is [CH2]C[C](OOC(=O)c1ccc(OC)cc1OC)OOC(=O)c1ccc(OC)cc1OC. The standard InChI is InChI=1S/C21H22O10/c1-6-19(28-30-20(22)15-9-7-13(24-2)11-17(15)26-4)29-31-21(23)16-10-8-14(25-3)12-18(16)27-5/h7-12H,1,6H2,2-5H3.